The van der Waals surface area contributed by atoms with Crippen molar-refractivity contribution in [2.45, 2.75) is 271 Å². The molecule has 0 radical (unpaired) electrons. The summed E-state index contributed by atoms with van der Waals surface area (Å²) in [6.45, 7) is 55.5. The Morgan fingerprint density at radius 1 is 0.511 bits per heavy atom. The highest BCUT2D eigenvalue weighted by atomic mass is 35.5. The molecule has 16 nitrogen and oxygen atoms in total. The number of aliphatic hydroxyl groups excluding tert-OH is 1. The number of Topliss-reactive ketones (excluding diaryl/α,β-unsaturated/α-hetero) is 4. The molecule has 14 aromatic rings. The number of aliphatic hydroxyl groups is 1. The Hall–Kier alpha value is -11.2. The van der Waals surface area contributed by atoms with Gasteiger partial charge in [0.1, 0.15) is 11.6 Å². The zero-order valence-corrected chi connectivity index (χ0v) is 85.9. The fourth-order valence-electron chi connectivity index (χ4n) is 13.3. The lowest BCUT2D eigenvalue weighted by atomic mass is 9.87. The number of halogens is 1. The summed E-state index contributed by atoms with van der Waals surface area (Å²) in [7, 11) is 3.86. The molecule has 135 heavy (non-hydrogen) atoms. The maximum Gasteiger partial charge on any atom is 0.258 e. The van der Waals surface area contributed by atoms with Crippen LogP contribution in [0.5, 0.6) is 0 Å². The molecule has 19 heteroatoms. The topological polar surface area (TPSA) is 218 Å². The van der Waals surface area contributed by atoms with E-state index in [0.29, 0.717) is 29.6 Å². The maximum absolute atomic E-state index is 12.5. The first-order chi connectivity index (χ1) is 61.5. The summed E-state index contributed by atoms with van der Waals surface area (Å²) in [4.78, 5) is 80.8. The molecule has 1 amide bonds. The molecule has 0 atom stereocenters. The van der Waals surface area contributed by atoms with Crippen LogP contribution in [0.3, 0.4) is 0 Å². The molecule has 724 valence electrons. The summed E-state index contributed by atoms with van der Waals surface area (Å²) in [6, 6.07) is 68.7. The van der Waals surface area contributed by atoms with E-state index in [0.717, 1.165) is 110 Å². The minimum absolute atomic E-state index is 0. The van der Waals surface area contributed by atoms with Gasteiger partial charge in [-0.2, -0.15) is 4.98 Å². The van der Waals surface area contributed by atoms with Gasteiger partial charge < -0.3 is 28.5 Å². The van der Waals surface area contributed by atoms with Crippen LogP contribution in [0, 0.1) is 53.8 Å². The number of ketones is 4. The molecule has 1 saturated carbocycles. The average Bonchev–Trinajstić information content (AvgIpc) is 1.63. The number of carbonyl (C=O) groups excluding carboxylic acids is 5. The molecule has 7 aromatic heterocycles. The lowest BCUT2D eigenvalue weighted by Crippen LogP contribution is -2.22. The van der Waals surface area contributed by atoms with Crippen molar-refractivity contribution in [3.63, 3.8) is 0 Å². The molecule has 7 aromatic carbocycles. The number of benzene rings is 7. The maximum atomic E-state index is 12.5. The molecular weight excluding hydrogens is 1730 g/mol. The Bertz CT molecular complexity index is 6130. The first-order valence-corrected chi connectivity index (χ1v) is 47.6. The van der Waals surface area contributed by atoms with Gasteiger partial charge in [0.25, 0.3) is 5.89 Å². The van der Waals surface area contributed by atoms with E-state index in [1.165, 1.54) is 48.8 Å². The molecule has 0 spiro atoms. The number of rotatable bonds is 15. The second-order valence-corrected chi connectivity index (χ2v) is 44.9. The summed E-state index contributed by atoms with van der Waals surface area (Å²) in [5.74, 6) is 3.44. The standard InChI is InChI=1S/C18H22N2O2.C16H20N2.C15H19NO.C14H18N2O2.C14H17NS.C14H16S.C13H17ClO.C9H12O2.3CH4/c1-18(2,3)16(21)15-10-12-9-13(7-8-14(12)20(15)4)19-17(22)11-5-6-11;1-16(2,3)14-11-12-17-15(18-14)10-9-13-7-5-4-6-8-13;1-10-6-7-12-11(8-10)9-13(16(12)5)14(17)15(2,3)4;1-14(2,3)8-12-15-13(18-16-12)11-7-5-4-6-10(11)9-17;1-10-5-7-11(8-6-10)12-9-16-13(15-12)14(2,3)4;1-14(2,3)13-10-9-12(15-13)11-7-5-4-6-8-11;1-9-7-10(5-6-11(9)14)8-12(15)13(2,3)4;1-9(2,3)8(10)7-5-4-6-11-7;;;/h7-11H,5-6H2,1-4H3,(H,19,22);4-8,11-12H,9-10H2,1-3H3;6-9H,1-5H3;4-7,17H,8-9H2,1-3H3;5-9H,1-4H3;4-10H,1-3H3;5-7H,8H2,1-4H3;4-6H,1-3H3;3*1H4. The average molecular weight is 1890 g/mol. The number of hydrogen-bond donors (Lipinski definition) is 2. The van der Waals surface area contributed by atoms with Gasteiger partial charge in [-0.15, -0.1) is 22.7 Å². The van der Waals surface area contributed by atoms with E-state index in [4.69, 9.17) is 25.5 Å². The van der Waals surface area contributed by atoms with E-state index < -0.39 is 5.41 Å². The third-order valence-corrected chi connectivity index (χ3v) is 24.8. The number of aryl methyl sites for hydroxylation is 7. The lowest BCUT2D eigenvalue weighted by molar-refractivity contribution is -0.125. The van der Waals surface area contributed by atoms with Gasteiger partial charge in [0, 0.05) is 142 Å². The Kier molecular flexibility index (Phi) is 41.5. The van der Waals surface area contributed by atoms with Crippen LogP contribution in [-0.4, -0.2) is 68.4 Å². The summed E-state index contributed by atoms with van der Waals surface area (Å²) < 4.78 is 14.2. The normalized spacial score (nSPS) is 12.0. The van der Waals surface area contributed by atoms with Gasteiger partial charge in [-0.05, 0) is 164 Å². The highest BCUT2D eigenvalue weighted by molar-refractivity contribution is 7.15. The van der Waals surface area contributed by atoms with Crippen LogP contribution in [-0.2, 0) is 72.2 Å². The number of carbonyl (C=O) groups is 5. The molecule has 7 heterocycles. The van der Waals surface area contributed by atoms with Gasteiger partial charge in [0.05, 0.1) is 35.0 Å². The SMILES string of the molecule is C.C.C.CC(C)(C)C(=O)c1ccco1.CC(C)(C)Cc1noc(-c2ccccc2CO)n1.CC(C)(C)c1ccc(-c2ccccc2)s1.CC(C)(C)c1ccnc(CCc2ccccc2)n1.Cc1cc(CC(=O)C(C)(C)C)ccc1Cl.Cc1ccc(-c2csc(C(C)(C)C)n2)cc1.Cc1ccc2c(c1)cc(C(=O)C(C)(C)C)n2C.Cn1c(C(=O)C(C)(C)C)cc2cc(NC(=O)C3CC3)ccc21. The van der Waals surface area contributed by atoms with Crippen LogP contribution >= 0.6 is 34.3 Å². The van der Waals surface area contributed by atoms with Crippen LogP contribution in [0.1, 0.15) is 293 Å². The number of thiophene rings is 1. The van der Waals surface area contributed by atoms with Gasteiger partial charge >= 0.3 is 0 Å². The van der Waals surface area contributed by atoms with Crippen molar-refractivity contribution in [1.82, 2.24) is 34.2 Å². The summed E-state index contributed by atoms with van der Waals surface area (Å²) in [5, 5.41) is 22.4. The van der Waals surface area contributed by atoms with Crippen molar-refractivity contribution >= 4 is 90.8 Å². The molecule has 0 saturated heterocycles. The summed E-state index contributed by atoms with van der Waals surface area (Å²) in [5.41, 5.74) is 15.9. The van der Waals surface area contributed by atoms with E-state index in [9.17, 15) is 29.1 Å². The largest absolute Gasteiger partial charge is 0.461 e. The highest BCUT2D eigenvalue weighted by Gasteiger charge is 2.32. The third-order valence-electron chi connectivity index (χ3n) is 21.6. The second kappa shape index (κ2) is 49.0. The first kappa shape index (κ1) is 114. The number of fused-ring (bicyclic) bond motifs is 2. The van der Waals surface area contributed by atoms with Crippen molar-refractivity contribution in [1.29, 1.82) is 0 Å². The van der Waals surface area contributed by atoms with Gasteiger partial charge in [-0.25, -0.2) is 15.0 Å². The number of anilines is 1. The first-order valence-electron chi connectivity index (χ1n) is 45.5. The minimum Gasteiger partial charge on any atom is -0.461 e. The fourth-order valence-corrected chi connectivity index (χ4v) is 15.4. The van der Waals surface area contributed by atoms with Crippen molar-refractivity contribution < 1.29 is 38.0 Å². The Balaban J connectivity index is 0.000000273. The van der Waals surface area contributed by atoms with E-state index in [1.807, 2.05) is 216 Å². The van der Waals surface area contributed by atoms with Crippen LogP contribution in [0.4, 0.5) is 5.69 Å². The molecule has 2 N–H and O–H groups in total. The summed E-state index contributed by atoms with van der Waals surface area (Å²) >= 11 is 9.56. The molecule has 0 unspecified atom stereocenters. The van der Waals surface area contributed by atoms with Crippen molar-refractivity contribution in [3.05, 3.63) is 307 Å². The van der Waals surface area contributed by atoms with Gasteiger partial charge in [0.15, 0.2) is 23.2 Å². The number of thiazole rings is 1. The number of amides is 1. The van der Waals surface area contributed by atoms with Crippen molar-refractivity contribution in [3.8, 4) is 33.2 Å². The van der Waals surface area contributed by atoms with Crippen LogP contribution in [0.2, 0.25) is 5.02 Å². The lowest BCUT2D eigenvalue weighted by Gasteiger charge is -2.17. The number of hydrogen-bond acceptors (Lipinski definition) is 15. The Morgan fingerprint density at radius 2 is 1.07 bits per heavy atom. The quantitative estimate of drug-likeness (QED) is 0.0914. The minimum atomic E-state index is -0.412. The Morgan fingerprint density at radius 3 is 1.57 bits per heavy atom. The van der Waals surface area contributed by atoms with Crippen molar-refractivity contribution in [2.75, 3.05) is 5.32 Å². The van der Waals surface area contributed by atoms with Crippen LogP contribution < -0.4 is 5.32 Å². The molecular formula is C116H153ClN8O8S2. The van der Waals surface area contributed by atoms with Gasteiger partial charge in [-0.3, -0.25) is 24.0 Å². The number of furan rings is 1. The zero-order chi connectivity index (χ0) is 97.8. The predicted octanol–water partition coefficient (Wildman–Crippen LogP) is 31.2. The molecule has 0 bridgehead atoms. The molecule has 15 rings (SSSR count). The zero-order valence-electron chi connectivity index (χ0n) is 83.5. The smallest absolute Gasteiger partial charge is 0.258 e. The van der Waals surface area contributed by atoms with E-state index in [1.54, 1.807) is 23.5 Å². The van der Waals surface area contributed by atoms with E-state index in [2.05, 4.69) is 237 Å². The van der Waals surface area contributed by atoms with Crippen LogP contribution in [0.15, 0.2) is 233 Å². The van der Waals surface area contributed by atoms with Gasteiger partial charge in [0.2, 0.25) is 11.7 Å². The Labute approximate surface area is 820 Å². The predicted molar refractivity (Wildman–Crippen MR) is 569 cm³/mol. The number of aromatic nitrogens is 7. The van der Waals surface area contributed by atoms with Crippen molar-refractivity contribution in [2.24, 2.45) is 47.1 Å². The van der Waals surface area contributed by atoms with E-state index >= 15 is 0 Å². The highest BCUT2D eigenvalue weighted by Crippen LogP contribution is 2.38. The van der Waals surface area contributed by atoms with E-state index in [-0.39, 0.29) is 102 Å². The molecule has 0 aliphatic heterocycles. The monoisotopic (exact) mass is 1890 g/mol. The number of nitrogens with one attached hydrogen (secondary N) is 1. The second-order valence-electron chi connectivity index (χ2n) is 42.5. The summed E-state index contributed by atoms with van der Waals surface area (Å²) in [6.07, 6.45) is 8.50. The third kappa shape index (κ3) is 35.2. The molecule has 1 aliphatic carbocycles. The van der Waals surface area contributed by atoms with Gasteiger partial charge in [-0.1, -0.05) is 338 Å². The van der Waals surface area contributed by atoms with Crippen LogP contribution in [0.25, 0.3) is 55.0 Å². The fraction of sp³-hybridized carbons (Fsp3) is 0.414. The number of nitrogens with zero attached hydrogens (tertiary/aromatic N) is 7. The molecule has 1 fully saturated rings. The molecule has 1 aliphatic rings.